The van der Waals surface area contributed by atoms with Gasteiger partial charge in [0.25, 0.3) is 0 Å². The lowest BCUT2D eigenvalue weighted by molar-refractivity contribution is -0.113. The molecule has 3 rings (SSSR count). The van der Waals surface area contributed by atoms with Gasteiger partial charge in [0.2, 0.25) is 5.91 Å². The van der Waals surface area contributed by atoms with Crippen molar-refractivity contribution >= 4 is 40.4 Å². The number of hydrogen-bond acceptors (Lipinski definition) is 6. The Balaban J connectivity index is 1.58. The monoisotopic (exact) mass is 388 g/mol. The average Bonchev–Trinajstić information content (AvgIpc) is 3.07. The fourth-order valence-corrected chi connectivity index (χ4v) is 4.57. The normalized spacial score (nSPS) is 15.0. The van der Waals surface area contributed by atoms with Gasteiger partial charge in [-0.05, 0) is 19.1 Å². The van der Waals surface area contributed by atoms with Crippen LogP contribution >= 0.6 is 23.1 Å². The molecule has 138 valence electrons. The van der Waals surface area contributed by atoms with Crippen molar-refractivity contribution in [1.82, 2.24) is 9.88 Å². The van der Waals surface area contributed by atoms with Gasteiger partial charge in [0.15, 0.2) is 4.34 Å². The first-order valence-corrected chi connectivity index (χ1v) is 10.5. The molecule has 0 atom stereocenters. The van der Waals surface area contributed by atoms with E-state index in [9.17, 15) is 4.79 Å². The van der Waals surface area contributed by atoms with Crippen LogP contribution in [0.5, 0.6) is 0 Å². The highest BCUT2D eigenvalue weighted by atomic mass is 32.2. The number of aromatic nitrogens is 1. The quantitative estimate of drug-likeness (QED) is 0.581. The minimum Gasteiger partial charge on any atom is -0.367 e. The zero-order valence-corrected chi connectivity index (χ0v) is 16.6. The van der Waals surface area contributed by atoms with Gasteiger partial charge in [-0.2, -0.15) is 0 Å². The number of benzene rings is 1. The molecule has 26 heavy (non-hydrogen) atoms. The molecule has 2 heterocycles. The van der Waals surface area contributed by atoms with Crippen molar-refractivity contribution in [1.29, 1.82) is 0 Å². The van der Waals surface area contributed by atoms with Gasteiger partial charge >= 0.3 is 0 Å². The molecule has 7 heteroatoms. The van der Waals surface area contributed by atoms with Crippen LogP contribution < -0.4 is 10.2 Å². The van der Waals surface area contributed by atoms with Crippen molar-refractivity contribution in [2.75, 3.05) is 48.7 Å². The Morgan fingerprint density at radius 3 is 2.81 bits per heavy atom. The minimum absolute atomic E-state index is 0.000552. The van der Waals surface area contributed by atoms with E-state index in [0.29, 0.717) is 5.75 Å². The maximum atomic E-state index is 12.4. The predicted molar refractivity (Wildman–Crippen MR) is 111 cm³/mol. The van der Waals surface area contributed by atoms with E-state index in [2.05, 4.69) is 32.7 Å². The number of nitrogens with one attached hydrogen (secondary N) is 1. The van der Waals surface area contributed by atoms with Gasteiger partial charge in [-0.1, -0.05) is 30.0 Å². The summed E-state index contributed by atoms with van der Waals surface area (Å²) in [4.78, 5) is 21.5. The van der Waals surface area contributed by atoms with Crippen LogP contribution in [-0.4, -0.2) is 54.3 Å². The SMILES string of the molecule is C=CCN1CCN(c2ccccc2NC(=O)CSc2nc(C)cs2)CC1. The van der Waals surface area contributed by atoms with Crippen LogP contribution in [0.1, 0.15) is 5.69 Å². The number of thiazole rings is 1. The van der Waals surface area contributed by atoms with E-state index in [1.807, 2.05) is 36.6 Å². The van der Waals surface area contributed by atoms with Gasteiger partial charge in [-0.25, -0.2) is 4.98 Å². The van der Waals surface area contributed by atoms with Gasteiger partial charge in [0.1, 0.15) is 0 Å². The Labute approximate surface area is 163 Å². The summed E-state index contributed by atoms with van der Waals surface area (Å²) < 4.78 is 0.935. The van der Waals surface area contributed by atoms with E-state index in [-0.39, 0.29) is 5.91 Å². The van der Waals surface area contributed by atoms with E-state index in [1.165, 1.54) is 11.8 Å². The second-order valence-electron chi connectivity index (χ2n) is 6.19. The fourth-order valence-electron chi connectivity index (χ4n) is 2.92. The summed E-state index contributed by atoms with van der Waals surface area (Å²) in [7, 11) is 0. The zero-order valence-electron chi connectivity index (χ0n) is 15.0. The van der Waals surface area contributed by atoms with Crippen molar-refractivity contribution in [3.63, 3.8) is 0 Å². The number of carbonyl (C=O) groups excluding carboxylic acids is 1. The molecule has 1 fully saturated rings. The second kappa shape index (κ2) is 9.21. The molecule has 1 N–H and O–H groups in total. The first-order valence-electron chi connectivity index (χ1n) is 8.67. The lowest BCUT2D eigenvalue weighted by atomic mass is 10.2. The third kappa shape index (κ3) is 5.09. The molecule has 0 saturated carbocycles. The average molecular weight is 389 g/mol. The number of nitrogens with zero attached hydrogens (tertiary/aromatic N) is 3. The first-order chi connectivity index (χ1) is 12.7. The standard InChI is InChI=1S/C19H24N4OS2/c1-3-8-22-9-11-23(12-10-22)17-7-5-4-6-16(17)21-18(24)14-26-19-20-15(2)13-25-19/h3-7,13H,1,8-12,14H2,2H3,(H,21,24). The zero-order chi connectivity index (χ0) is 18.4. The van der Waals surface area contributed by atoms with Gasteiger partial charge in [-0.15, -0.1) is 17.9 Å². The van der Waals surface area contributed by atoms with Crippen molar-refractivity contribution in [2.24, 2.45) is 0 Å². The third-order valence-corrected chi connectivity index (χ3v) is 6.34. The van der Waals surface area contributed by atoms with Crippen LogP contribution in [0.3, 0.4) is 0 Å². The number of rotatable bonds is 7. The maximum absolute atomic E-state index is 12.4. The van der Waals surface area contributed by atoms with E-state index in [0.717, 1.165) is 54.1 Å². The number of anilines is 2. The molecule has 1 aliphatic heterocycles. The molecule has 2 aromatic rings. The molecule has 1 aromatic heterocycles. The number of piperazine rings is 1. The van der Waals surface area contributed by atoms with Crippen molar-refractivity contribution in [3.8, 4) is 0 Å². The molecule has 1 saturated heterocycles. The Bertz CT molecular complexity index is 754. The smallest absolute Gasteiger partial charge is 0.234 e. The van der Waals surface area contributed by atoms with Crippen LogP contribution in [0.2, 0.25) is 0 Å². The van der Waals surface area contributed by atoms with Gasteiger partial charge in [0.05, 0.1) is 17.1 Å². The summed E-state index contributed by atoms with van der Waals surface area (Å²) >= 11 is 3.06. The lowest BCUT2D eigenvalue weighted by Crippen LogP contribution is -2.46. The minimum atomic E-state index is 0.000552. The summed E-state index contributed by atoms with van der Waals surface area (Å²) in [6.07, 6.45) is 1.95. The summed E-state index contributed by atoms with van der Waals surface area (Å²) in [6, 6.07) is 8.04. The fraction of sp³-hybridized carbons (Fsp3) is 0.368. The highest BCUT2D eigenvalue weighted by Crippen LogP contribution is 2.27. The van der Waals surface area contributed by atoms with Crippen molar-refractivity contribution in [3.05, 3.63) is 48.0 Å². The molecule has 0 unspecified atom stereocenters. The van der Waals surface area contributed by atoms with Crippen LogP contribution in [-0.2, 0) is 4.79 Å². The molecule has 5 nitrogen and oxygen atoms in total. The highest BCUT2D eigenvalue weighted by molar-refractivity contribution is 8.01. The summed E-state index contributed by atoms with van der Waals surface area (Å²) in [5.74, 6) is 0.370. The Kier molecular flexibility index (Phi) is 6.71. The van der Waals surface area contributed by atoms with E-state index in [1.54, 1.807) is 11.3 Å². The van der Waals surface area contributed by atoms with E-state index < -0.39 is 0 Å². The largest absolute Gasteiger partial charge is 0.367 e. The molecule has 1 aromatic carbocycles. The van der Waals surface area contributed by atoms with Crippen LogP contribution in [0.15, 0.2) is 46.6 Å². The maximum Gasteiger partial charge on any atom is 0.234 e. The second-order valence-corrected chi connectivity index (χ2v) is 8.27. The molecule has 0 spiro atoms. The van der Waals surface area contributed by atoms with Crippen molar-refractivity contribution < 1.29 is 4.79 Å². The number of para-hydroxylation sites is 2. The molecular weight excluding hydrogens is 364 g/mol. The van der Waals surface area contributed by atoms with Crippen LogP contribution in [0.4, 0.5) is 11.4 Å². The van der Waals surface area contributed by atoms with Gasteiger partial charge in [0, 0.05) is 43.8 Å². The number of aryl methyl sites for hydroxylation is 1. The summed E-state index contributed by atoms with van der Waals surface area (Å²) in [5, 5.41) is 5.07. The molecule has 1 amide bonds. The summed E-state index contributed by atoms with van der Waals surface area (Å²) in [6.45, 7) is 10.6. The van der Waals surface area contributed by atoms with Crippen LogP contribution in [0, 0.1) is 6.92 Å². The Morgan fingerprint density at radius 1 is 1.35 bits per heavy atom. The highest BCUT2D eigenvalue weighted by Gasteiger charge is 2.19. The Hall–Kier alpha value is -1.83. The van der Waals surface area contributed by atoms with E-state index >= 15 is 0 Å². The van der Waals surface area contributed by atoms with Gasteiger partial charge in [-0.3, -0.25) is 9.69 Å². The first kappa shape index (κ1) is 18.9. The predicted octanol–water partition coefficient (Wildman–Crippen LogP) is 3.49. The number of thioether (sulfide) groups is 1. The topological polar surface area (TPSA) is 48.5 Å². The third-order valence-electron chi connectivity index (χ3n) is 4.20. The van der Waals surface area contributed by atoms with Crippen molar-refractivity contribution in [2.45, 2.75) is 11.3 Å². The van der Waals surface area contributed by atoms with Gasteiger partial charge < -0.3 is 10.2 Å². The molecule has 1 aliphatic rings. The Morgan fingerprint density at radius 2 is 2.12 bits per heavy atom. The number of amides is 1. The number of hydrogen-bond donors (Lipinski definition) is 1. The summed E-state index contributed by atoms with van der Waals surface area (Å²) in [5.41, 5.74) is 2.97. The van der Waals surface area contributed by atoms with E-state index in [4.69, 9.17) is 0 Å². The lowest BCUT2D eigenvalue weighted by Gasteiger charge is -2.36. The molecular formula is C19H24N4OS2. The molecule has 0 bridgehead atoms. The molecule has 0 radical (unpaired) electrons. The number of carbonyl (C=O) groups is 1. The molecule has 0 aliphatic carbocycles. The van der Waals surface area contributed by atoms with Crippen LogP contribution in [0.25, 0.3) is 0 Å².